The van der Waals surface area contributed by atoms with E-state index in [9.17, 15) is 9.18 Å². The second kappa shape index (κ2) is 7.62. The predicted molar refractivity (Wildman–Crippen MR) is 108 cm³/mol. The first-order valence-electron chi connectivity index (χ1n) is 8.44. The number of carbonyl (C=O) groups is 1. The monoisotopic (exact) mass is 392 g/mol. The maximum atomic E-state index is 13.7. The summed E-state index contributed by atoms with van der Waals surface area (Å²) in [5.41, 5.74) is 4.23. The Kier molecular flexibility index (Phi) is 4.87. The number of halogens is 2. The standard InChI is InChI=1S/C21H14ClFN4O/c22-17-9-4-10-18(23)16(17)12-24-27-21(28)20-11-19(25-26-20)15-8-3-6-13-5-1-2-7-14(13)15/h1-12H,(H,25,26)(H,27,28)/b24-12-. The lowest BCUT2D eigenvalue weighted by Gasteiger charge is -2.02. The summed E-state index contributed by atoms with van der Waals surface area (Å²) in [4.78, 5) is 12.3. The molecular weight excluding hydrogens is 379 g/mol. The molecule has 0 aliphatic carbocycles. The topological polar surface area (TPSA) is 70.1 Å². The first-order valence-corrected chi connectivity index (χ1v) is 8.82. The number of hydrogen-bond acceptors (Lipinski definition) is 3. The van der Waals surface area contributed by atoms with Crippen LogP contribution in [0.25, 0.3) is 22.0 Å². The van der Waals surface area contributed by atoms with Crippen LogP contribution in [0.4, 0.5) is 4.39 Å². The maximum Gasteiger partial charge on any atom is 0.289 e. The zero-order valence-electron chi connectivity index (χ0n) is 14.5. The van der Waals surface area contributed by atoms with Crippen LogP contribution in [0.1, 0.15) is 16.1 Å². The van der Waals surface area contributed by atoms with Crippen molar-refractivity contribution in [3.63, 3.8) is 0 Å². The molecule has 3 aromatic carbocycles. The van der Waals surface area contributed by atoms with E-state index < -0.39 is 11.7 Å². The Morgan fingerprint density at radius 1 is 1.11 bits per heavy atom. The van der Waals surface area contributed by atoms with Gasteiger partial charge in [0.2, 0.25) is 0 Å². The van der Waals surface area contributed by atoms with Crippen molar-refractivity contribution < 1.29 is 9.18 Å². The van der Waals surface area contributed by atoms with Gasteiger partial charge in [0.1, 0.15) is 11.5 Å². The molecule has 4 aromatic rings. The Morgan fingerprint density at radius 3 is 2.75 bits per heavy atom. The molecule has 0 saturated heterocycles. The number of amides is 1. The van der Waals surface area contributed by atoms with Crippen LogP contribution in [0.3, 0.4) is 0 Å². The van der Waals surface area contributed by atoms with Crippen molar-refractivity contribution in [2.75, 3.05) is 0 Å². The van der Waals surface area contributed by atoms with E-state index in [0.717, 1.165) is 22.6 Å². The molecule has 28 heavy (non-hydrogen) atoms. The number of hydrogen-bond donors (Lipinski definition) is 2. The molecule has 0 bridgehead atoms. The van der Waals surface area contributed by atoms with Gasteiger partial charge in [0.15, 0.2) is 0 Å². The summed E-state index contributed by atoms with van der Waals surface area (Å²) in [6, 6.07) is 19.8. The number of fused-ring (bicyclic) bond motifs is 1. The third-order valence-electron chi connectivity index (χ3n) is 4.25. The van der Waals surface area contributed by atoms with Crippen molar-refractivity contribution in [1.82, 2.24) is 15.6 Å². The van der Waals surface area contributed by atoms with Crippen LogP contribution in [-0.4, -0.2) is 22.3 Å². The normalized spacial score (nSPS) is 11.2. The van der Waals surface area contributed by atoms with Crippen LogP contribution in [-0.2, 0) is 0 Å². The first kappa shape index (κ1) is 17.9. The number of hydrazone groups is 1. The smallest absolute Gasteiger partial charge is 0.272 e. The molecule has 4 rings (SSSR count). The molecule has 138 valence electrons. The number of aromatic nitrogens is 2. The van der Waals surface area contributed by atoms with E-state index in [2.05, 4.69) is 20.7 Å². The van der Waals surface area contributed by atoms with Crippen molar-refractivity contribution >= 4 is 34.5 Å². The summed E-state index contributed by atoms with van der Waals surface area (Å²) in [7, 11) is 0. The number of nitrogens with zero attached hydrogens (tertiary/aromatic N) is 2. The van der Waals surface area contributed by atoms with E-state index in [1.807, 2.05) is 42.5 Å². The van der Waals surface area contributed by atoms with E-state index in [0.29, 0.717) is 5.69 Å². The van der Waals surface area contributed by atoms with Gasteiger partial charge in [-0.1, -0.05) is 60.1 Å². The number of nitrogens with one attached hydrogen (secondary N) is 2. The highest BCUT2D eigenvalue weighted by molar-refractivity contribution is 6.33. The lowest BCUT2D eigenvalue weighted by molar-refractivity contribution is 0.0950. The van der Waals surface area contributed by atoms with Gasteiger partial charge in [-0.2, -0.15) is 10.2 Å². The SMILES string of the molecule is O=C(N/N=C\c1c(F)cccc1Cl)c1cc(-c2cccc3ccccc23)n[nH]1. The van der Waals surface area contributed by atoms with Gasteiger partial charge >= 0.3 is 0 Å². The summed E-state index contributed by atoms with van der Waals surface area (Å²) < 4.78 is 13.7. The van der Waals surface area contributed by atoms with Gasteiger partial charge in [0, 0.05) is 11.1 Å². The highest BCUT2D eigenvalue weighted by atomic mass is 35.5. The summed E-state index contributed by atoms with van der Waals surface area (Å²) in [6.07, 6.45) is 1.16. The summed E-state index contributed by atoms with van der Waals surface area (Å²) in [5.74, 6) is -1.02. The van der Waals surface area contributed by atoms with Gasteiger partial charge in [-0.05, 0) is 29.0 Å². The lowest BCUT2D eigenvalue weighted by Crippen LogP contribution is -2.18. The lowest BCUT2D eigenvalue weighted by atomic mass is 10.0. The fraction of sp³-hybridized carbons (Fsp3) is 0. The number of carbonyl (C=O) groups excluding carboxylic acids is 1. The third kappa shape index (κ3) is 3.50. The van der Waals surface area contributed by atoms with E-state index in [1.165, 1.54) is 12.1 Å². The molecular formula is C21H14ClFN4O. The number of aromatic amines is 1. The van der Waals surface area contributed by atoms with Crippen LogP contribution in [0.5, 0.6) is 0 Å². The van der Waals surface area contributed by atoms with Gasteiger partial charge in [0.05, 0.1) is 16.9 Å². The van der Waals surface area contributed by atoms with Crippen molar-refractivity contribution in [2.24, 2.45) is 5.10 Å². The zero-order chi connectivity index (χ0) is 19.5. The largest absolute Gasteiger partial charge is 0.289 e. The Hall–Kier alpha value is -3.51. The van der Waals surface area contributed by atoms with Crippen LogP contribution in [0, 0.1) is 5.82 Å². The summed E-state index contributed by atoms with van der Waals surface area (Å²) in [6.45, 7) is 0. The van der Waals surface area contributed by atoms with Crippen LogP contribution >= 0.6 is 11.6 Å². The van der Waals surface area contributed by atoms with E-state index in [-0.39, 0.29) is 16.3 Å². The van der Waals surface area contributed by atoms with Crippen LogP contribution in [0.15, 0.2) is 71.8 Å². The van der Waals surface area contributed by atoms with Gasteiger partial charge in [-0.3, -0.25) is 9.89 Å². The fourth-order valence-corrected chi connectivity index (χ4v) is 3.09. The maximum absolute atomic E-state index is 13.7. The van der Waals surface area contributed by atoms with Gasteiger partial charge in [-0.15, -0.1) is 0 Å². The van der Waals surface area contributed by atoms with Crippen molar-refractivity contribution in [2.45, 2.75) is 0 Å². The van der Waals surface area contributed by atoms with Crippen LogP contribution in [0.2, 0.25) is 5.02 Å². The third-order valence-corrected chi connectivity index (χ3v) is 4.58. The Labute approximate surface area is 164 Å². The quantitative estimate of drug-likeness (QED) is 0.387. The minimum absolute atomic E-state index is 0.102. The number of benzene rings is 3. The van der Waals surface area contributed by atoms with Crippen molar-refractivity contribution in [3.05, 3.63) is 88.8 Å². The average molecular weight is 393 g/mol. The molecule has 1 heterocycles. The molecule has 0 aliphatic rings. The molecule has 1 amide bonds. The Balaban J connectivity index is 1.54. The van der Waals surface area contributed by atoms with Gasteiger partial charge < -0.3 is 0 Å². The predicted octanol–water partition coefficient (Wildman–Crippen LogP) is 4.79. The second-order valence-electron chi connectivity index (χ2n) is 6.03. The summed E-state index contributed by atoms with van der Waals surface area (Å²) >= 11 is 5.92. The minimum atomic E-state index is -0.523. The Bertz CT molecular complexity index is 1180. The molecule has 0 saturated carbocycles. The minimum Gasteiger partial charge on any atom is -0.272 e. The molecule has 7 heteroatoms. The van der Waals surface area contributed by atoms with E-state index >= 15 is 0 Å². The number of rotatable bonds is 4. The van der Waals surface area contributed by atoms with Gasteiger partial charge in [-0.25, -0.2) is 9.82 Å². The molecule has 0 aliphatic heterocycles. The van der Waals surface area contributed by atoms with Crippen LogP contribution < -0.4 is 5.43 Å². The Morgan fingerprint density at radius 2 is 1.89 bits per heavy atom. The van der Waals surface area contributed by atoms with Crippen molar-refractivity contribution in [3.8, 4) is 11.3 Å². The molecule has 0 atom stereocenters. The average Bonchev–Trinajstić information content (AvgIpc) is 3.20. The van der Waals surface area contributed by atoms with Gasteiger partial charge in [0.25, 0.3) is 5.91 Å². The summed E-state index contributed by atoms with van der Waals surface area (Å²) in [5, 5.41) is 13.0. The first-order chi connectivity index (χ1) is 13.6. The number of H-pyrrole nitrogens is 1. The molecule has 5 nitrogen and oxygen atoms in total. The highest BCUT2D eigenvalue weighted by Gasteiger charge is 2.12. The molecule has 1 aromatic heterocycles. The van der Waals surface area contributed by atoms with E-state index in [1.54, 1.807) is 12.1 Å². The molecule has 0 unspecified atom stereocenters. The fourth-order valence-electron chi connectivity index (χ4n) is 2.87. The molecule has 0 radical (unpaired) electrons. The molecule has 0 spiro atoms. The second-order valence-corrected chi connectivity index (χ2v) is 6.44. The highest BCUT2D eigenvalue weighted by Crippen LogP contribution is 2.27. The molecule has 0 fully saturated rings. The van der Waals surface area contributed by atoms with Crippen molar-refractivity contribution in [1.29, 1.82) is 0 Å². The zero-order valence-corrected chi connectivity index (χ0v) is 15.2. The molecule has 2 N–H and O–H groups in total. The van der Waals surface area contributed by atoms with E-state index in [4.69, 9.17) is 11.6 Å².